The van der Waals surface area contributed by atoms with Gasteiger partial charge in [0.05, 0.1) is 6.20 Å². The smallest absolute Gasteiger partial charge is 0.223 e. The van der Waals surface area contributed by atoms with Gasteiger partial charge in [-0.2, -0.15) is 5.10 Å². The van der Waals surface area contributed by atoms with E-state index in [0.717, 1.165) is 22.8 Å². The summed E-state index contributed by atoms with van der Waals surface area (Å²) in [6.45, 7) is 8.17. The molecular weight excluding hydrogens is 380 g/mol. The molecule has 0 amide bonds. The van der Waals surface area contributed by atoms with Gasteiger partial charge in [-0.15, -0.1) is 0 Å². The Morgan fingerprint density at radius 2 is 2.00 bits per heavy atom. The third-order valence-corrected chi connectivity index (χ3v) is 5.07. The van der Waals surface area contributed by atoms with Gasteiger partial charge in [-0.3, -0.25) is 0 Å². The number of carbonyl (C=O) groups is 1. The average Bonchev–Trinajstić information content (AvgIpc) is 3.38. The van der Waals surface area contributed by atoms with Crippen LogP contribution in [0.3, 0.4) is 0 Å². The maximum atomic E-state index is 11.4. The van der Waals surface area contributed by atoms with E-state index in [0.29, 0.717) is 16.7 Å². The fourth-order valence-electron chi connectivity index (χ4n) is 3.71. The average molecular weight is 403 g/mol. The van der Waals surface area contributed by atoms with E-state index in [1.165, 1.54) is 0 Å². The van der Waals surface area contributed by atoms with Gasteiger partial charge in [0, 0.05) is 41.5 Å². The first-order chi connectivity index (χ1) is 14.3. The number of aryl methyl sites for hydroxylation is 1. The molecule has 7 heteroatoms. The molecule has 0 spiro atoms. The normalized spacial score (nSPS) is 12.2. The van der Waals surface area contributed by atoms with E-state index in [1.807, 2.05) is 54.9 Å². The zero-order valence-corrected chi connectivity index (χ0v) is 17.4. The number of hydrogen-bond donors (Lipinski definition) is 0. The summed E-state index contributed by atoms with van der Waals surface area (Å²) in [5.41, 5.74) is 4.64. The Bertz CT molecular complexity index is 1220. The number of nitrogens with zero attached hydrogens (tertiary/aromatic N) is 4. The Hall–Kier alpha value is -3.61. The van der Waals surface area contributed by atoms with Gasteiger partial charge in [0.1, 0.15) is 11.3 Å². The molecule has 0 atom stereocenters. The van der Waals surface area contributed by atoms with Gasteiger partial charge in [0.25, 0.3) is 0 Å². The zero-order chi connectivity index (χ0) is 21.4. The lowest BCUT2D eigenvalue weighted by atomic mass is 10.1. The minimum atomic E-state index is -1.19. The van der Waals surface area contributed by atoms with Crippen molar-refractivity contribution in [3.8, 4) is 5.82 Å². The molecule has 0 unspecified atom stereocenters. The fraction of sp³-hybridized carbons (Fsp3) is 0.261. The van der Waals surface area contributed by atoms with Gasteiger partial charge in [0.15, 0.2) is 5.58 Å². The number of oxazole rings is 1. The van der Waals surface area contributed by atoms with Crippen LogP contribution in [0.4, 0.5) is 0 Å². The largest absolute Gasteiger partial charge is 0.550 e. The summed E-state index contributed by atoms with van der Waals surface area (Å²) in [5, 5.41) is 15.8. The van der Waals surface area contributed by atoms with Crippen LogP contribution >= 0.6 is 0 Å². The van der Waals surface area contributed by atoms with Crippen LogP contribution in [-0.2, 0) is 4.79 Å². The second-order valence-electron chi connectivity index (χ2n) is 7.59. The van der Waals surface area contributed by atoms with Gasteiger partial charge < -0.3 is 18.9 Å². The lowest BCUT2D eigenvalue weighted by Gasteiger charge is -2.15. The molecule has 3 heterocycles. The number of carboxylic acid groups (broad SMARTS) is 1. The lowest BCUT2D eigenvalue weighted by molar-refractivity contribution is -0.304. The molecule has 0 aliphatic rings. The molecule has 0 aliphatic heterocycles. The lowest BCUT2D eigenvalue weighted by Crippen LogP contribution is -2.22. The molecule has 4 rings (SSSR count). The van der Waals surface area contributed by atoms with E-state index in [2.05, 4.69) is 28.5 Å². The van der Waals surface area contributed by atoms with E-state index >= 15 is 0 Å². The second-order valence-corrected chi connectivity index (χ2v) is 7.59. The highest BCUT2D eigenvalue weighted by atomic mass is 16.4. The van der Waals surface area contributed by atoms with Gasteiger partial charge in [-0.1, -0.05) is 12.1 Å². The van der Waals surface area contributed by atoms with E-state index in [-0.39, 0.29) is 18.4 Å². The second kappa shape index (κ2) is 7.67. The van der Waals surface area contributed by atoms with E-state index in [9.17, 15) is 9.90 Å². The van der Waals surface area contributed by atoms with Crippen LogP contribution in [0.5, 0.6) is 0 Å². The van der Waals surface area contributed by atoms with Crippen LogP contribution in [0, 0.1) is 13.8 Å². The Morgan fingerprint density at radius 1 is 1.23 bits per heavy atom. The summed E-state index contributed by atoms with van der Waals surface area (Å²) < 4.78 is 9.88. The third-order valence-electron chi connectivity index (χ3n) is 5.07. The molecular formula is C23H23N4O3-. The van der Waals surface area contributed by atoms with Crippen LogP contribution in [0.1, 0.15) is 49.2 Å². The number of carboxylic acids is 1. The number of aromatic nitrogens is 4. The Balaban J connectivity index is 1.83. The first kappa shape index (κ1) is 19.7. The number of hydrogen-bond acceptors (Lipinski definition) is 5. The molecule has 0 bridgehead atoms. The van der Waals surface area contributed by atoms with Crippen molar-refractivity contribution < 1.29 is 14.3 Å². The molecule has 0 fully saturated rings. The first-order valence-electron chi connectivity index (χ1n) is 9.84. The summed E-state index contributed by atoms with van der Waals surface area (Å²) in [5.74, 6) is 0.0654. The predicted molar refractivity (Wildman–Crippen MR) is 113 cm³/mol. The summed E-state index contributed by atoms with van der Waals surface area (Å²) >= 11 is 0. The zero-order valence-electron chi connectivity index (χ0n) is 17.4. The highest BCUT2D eigenvalue weighted by Crippen LogP contribution is 2.29. The molecule has 30 heavy (non-hydrogen) atoms. The minimum absolute atomic E-state index is 0.212. The third kappa shape index (κ3) is 3.54. The standard InChI is InChI=1S/C23H24N4O3/c1-14(2)27-21(9-10-24-27)26-15(3)11-17(16(26)4)12-18(13-22(28)29)23-25-19-7-5-6-8-20(19)30-23/h5-12,14H,13H2,1-4H3,(H,28,29)/p-1/b18-12+. The Morgan fingerprint density at radius 3 is 2.70 bits per heavy atom. The SMILES string of the molecule is Cc1cc(/C=C(\CC(=O)[O-])c2nc3ccccc3o2)c(C)n1-c1ccnn1C(C)C. The molecule has 0 saturated heterocycles. The summed E-state index contributed by atoms with van der Waals surface area (Å²) in [4.78, 5) is 15.9. The van der Waals surface area contributed by atoms with Crippen LogP contribution < -0.4 is 5.11 Å². The molecule has 0 saturated carbocycles. The molecule has 154 valence electrons. The Kier molecular flexibility index (Phi) is 5.03. The van der Waals surface area contributed by atoms with Gasteiger partial charge in [-0.25, -0.2) is 9.67 Å². The maximum Gasteiger partial charge on any atom is 0.223 e. The highest BCUT2D eigenvalue weighted by Gasteiger charge is 2.17. The maximum absolute atomic E-state index is 11.4. The van der Waals surface area contributed by atoms with Crippen molar-refractivity contribution in [1.29, 1.82) is 0 Å². The Labute approximate surface area is 174 Å². The molecule has 3 aromatic heterocycles. The van der Waals surface area contributed by atoms with Crippen molar-refractivity contribution in [2.45, 2.75) is 40.2 Å². The molecule has 0 radical (unpaired) electrons. The first-order valence-corrected chi connectivity index (χ1v) is 9.84. The van der Waals surface area contributed by atoms with E-state index in [4.69, 9.17) is 4.42 Å². The summed E-state index contributed by atoms with van der Waals surface area (Å²) in [6.07, 6.45) is 3.30. The van der Waals surface area contributed by atoms with Gasteiger partial charge in [0.2, 0.25) is 5.89 Å². The molecule has 0 aliphatic carbocycles. The van der Waals surface area contributed by atoms with Crippen LogP contribution in [0.25, 0.3) is 28.6 Å². The van der Waals surface area contributed by atoms with Crippen molar-refractivity contribution in [2.75, 3.05) is 0 Å². The van der Waals surface area contributed by atoms with Crippen LogP contribution in [0.15, 0.2) is 47.0 Å². The number of para-hydroxylation sites is 2. The van der Waals surface area contributed by atoms with Crippen molar-refractivity contribution in [1.82, 2.24) is 19.3 Å². The van der Waals surface area contributed by atoms with Crippen molar-refractivity contribution in [3.05, 3.63) is 65.4 Å². The minimum Gasteiger partial charge on any atom is -0.550 e. The van der Waals surface area contributed by atoms with E-state index in [1.54, 1.807) is 12.3 Å². The monoisotopic (exact) mass is 403 g/mol. The predicted octanol–water partition coefficient (Wildman–Crippen LogP) is 3.69. The van der Waals surface area contributed by atoms with Crippen LogP contribution in [0.2, 0.25) is 0 Å². The van der Waals surface area contributed by atoms with Crippen LogP contribution in [-0.4, -0.2) is 25.3 Å². The topological polar surface area (TPSA) is 88.9 Å². The quantitative estimate of drug-likeness (QED) is 0.490. The number of aliphatic carboxylic acids is 1. The van der Waals surface area contributed by atoms with Gasteiger partial charge in [-0.05, 0) is 57.5 Å². The number of fused-ring (bicyclic) bond motifs is 1. The molecule has 0 N–H and O–H groups in total. The fourth-order valence-corrected chi connectivity index (χ4v) is 3.71. The van der Waals surface area contributed by atoms with Crippen molar-refractivity contribution >= 4 is 28.7 Å². The highest BCUT2D eigenvalue weighted by molar-refractivity contribution is 5.90. The number of benzene rings is 1. The number of carbonyl (C=O) groups excluding carboxylic acids is 1. The molecule has 1 aromatic carbocycles. The summed E-state index contributed by atoms with van der Waals surface area (Å²) in [6, 6.07) is 11.6. The summed E-state index contributed by atoms with van der Waals surface area (Å²) in [7, 11) is 0. The molecule has 7 nitrogen and oxygen atoms in total. The number of rotatable bonds is 6. The molecule has 4 aromatic rings. The van der Waals surface area contributed by atoms with Crippen molar-refractivity contribution in [2.24, 2.45) is 0 Å². The van der Waals surface area contributed by atoms with Crippen molar-refractivity contribution in [3.63, 3.8) is 0 Å². The van der Waals surface area contributed by atoms with E-state index < -0.39 is 5.97 Å². The van der Waals surface area contributed by atoms with Gasteiger partial charge >= 0.3 is 0 Å².